The number of carboxylic acids is 3. The van der Waals surface area contributed by atoms with Gasteiger partial charge in [-0.3, -0.25) is 4.79 Å². The van der Waals surface area contributed by atoms with E-state index < -0.39 is 17.9 Å². The molecule has 0 saturated heterocycles. The Hall–Kier alpha value is -0.791. The monoisotopic (exact) mass is 592 g/mol. The summed E-state index contributed by atoms with van der Waals surface area (Å²) in [5.41, 5.74) is 0. The minimum absolute atomic E-state index is 0. The van der Waals surface area contributed by atoms with E-state index in [0.29, 0.717) is 0 Å². The van der Waals surface area contributed by atoms with E-state index in [1.54, 1.807) is 6.92 Å². The first-order valence-corrected chi connectivity index (χ1v) is 13.4. The molecule has 0 bridgehead atoms. The van der Waals surface area contributed by atoms with Crippen molar-refractivity contribution in [3.63, 3.8) is 0 Å². The Kier molecular flexibility index (Phi) is 43.7. The number of hydrogen-bond acceptors (Lipinski definition) is 5. The summed E-state index contributed by atoms with van der Waals surface area (Å²) in [7, 11) is 0. The molecule has 0 fully saturated rings. The number of hydrogen-bond donors (Lipinski definition) is 1. The normalized spacial score (nSPS) is 9.62. The van der Waals surface area contributed by atoms with Crippen molar-refractivity contribution in [1.29, 1.82) is 0 Å². The molecule has 2 radical (unpaired) electrons. The van der Waals surface area contributed by atoms with Gasteiger partial charge in [-0.15, -0.1) is 0 Å². The van der Waals surface area contributed by atoms with Gasteiger partial charge in [-0.25, -0.2) is 0 Å². The Morgan fingerprint density at radius 1 is 0.500 bits per heavy atom. The van der Waals surface area contributed by atoms with Crippen molar-refractivity contribution < 1.29 is 29.7 Å². The fraction of sp³-hybridized carbons (Fsp3) is 0.889. The Morgan fingerprint density at radius 2 is 0.706 bits per heavy atom. The van der Waals surface area contributed by atoms with E-state index in [4.69, 9.17) is 5.11 Å². The van der Waals surface area contributed by atoms with Crippen molar-refractivity contribution in [2.24, 2.45) is 0 Å². The first-order valence-electron chi connectivity index (χ1n) is 13.4. The number of unbranched alkanes of at least 4 members (excludes halogenated alkanes) is 16. The van der Waals surface area contributed by atoms with Gasteiger partial charge < -0.3 is 24.9 Å². The minimum Gasteiger partial charge on any atom is -0.550 e. The van der Waals surface area contributed by atoms with Gasteiger partial charge in [0.2, 0.25) is 0 Å². The zero-order chi connectivity index (χ0) is 25.6. The van der Waals surface area contributed by atoms with Crippen molar-refractivity contribution in [3.05, 3.63) is 0 Å². The molecule has 6 nitrogen and oxygen atoms in total. The molecular weight excluding hydrogens is 539 g/mol. The summed E-state index contributed by atoms with van der Waals surface area (Å²) in [6.07, 6.45) is 22.5. The van der Waals surface area contributed by atoms with E-state index in [0.717, 1.165) is 25.7 Å². The Morgan fingerprint density at radius 3 is 0.882 bits per heavy atom. The largest absolute Gasteiger partial charge is 2.00 e. The maximum Gasteiger partial charge on any atom is 2.00 e. The first-order chi connectivity index (χ1) is 15.8. The number of carbonyl (C=O) groups excluding carboxylic acids is 2. The average Bonchev–Trinajstić information content (AvgIpc) is 2.77. The molecule has 200 valence electrons. The van der Waals surface area contributed by atoms with Gasteiger partial charge in [-0.2, -0.15) is 0 Å². The number of carboxylic acid groups (broad SMARTS) is 3. The molecular formula is C27H52O6Sn. The summed E-state index contributed by atoms with van der Waals surface area (Å²) in [6.45, 7) is 6.04. The van der Waals surface area contributed by atoms with Crippen LogP contribution in [-0.2, 0) is 14.4 Å². The van der Waals surface area contributed by atoms with E-state index in [1.165, 1.54) is 89.9 Å². The molecule has 0 aliphatic carbocycles. The van der Waals surface area contributed by atoms with Crippen LogP contribution in [0.3, 0.4) is 0 Å². The van der Waals surface area contributed by atoms with Gasteiger partial charge in [0, 0.05) is 18.4 Å². The molecule has 0 amide bonds. The third-order valence-electron chi connectivity index (χ3n) is 5.27. The fourth-order valence-electron chi connectivity index (χ4n) is 3.16. The standard InChI is InChI=1S/2C12H24O2.C3H6O2.Sn/c2*1-2-3-4-5-6-7-8-9-10-11-12(13)14;1-2-3(4)5;/h2*2-11H2,1H3,(H,13,14);2H2,1H3,(H,4,5);/q;;;+2/p-2. The van der Waals surface area contributed by atoms with Crippen LogP contribution in [0.4, 0.5) is 0 Å². The van der Waals surface area contributed by atoms with Crippen LogP contribution in [0.25, 0.3) is 0 Å². The molecule has 0 heterocycles. The topological polar surface area (TPSA) is 118 Å². The summed E-state index contributed by atoms with van der Waals surface area (Å²) in [6, 6.07) is 0. The molecule has 0 unspecified atom stereocenters. The van der Waals surface area contributed by atoms with E-state index in [1.807, 2.05) is 0 Å². The molecule has 0 aliphatic rings. The number of rotatable bonds is 21. The molecule has 0 saturated carbocycles. The second-order valence-corrected chi connectivity index (χ2v) is 8.65. The van der Waals surface area contributed by atoms with Crippen LogP contribution in [0.15, 0.2) is 0 Å². The summed E-state index contributed by atoms with van der Waals surface area (Å²) >= 11 is 0. The molecule has 0 aliphatic heterocycles. The minimum atomic E-state index is -0.909. The fourth-order valence-corrected chi connectivity index (χ4v) is 3.16. The van der Waals surface area contributed by atoms with Crippen LogP contribution >= 0.6 is 0 Å². The Bertz CT molecular complexity index is 397. The third-order valence-corrected chi connectivity index (χ3v) is 5.27. The van der Waals surface area contributed by atoms with Crippen LogP contribution in [0.2, 0.25) is 0 Å². The summed E-state index contributed by atoms with van der Waals surface area (Å²) in [5, 5.41) is 27.9. The van der Waals surface area contributed by atoms with E-state index in [2.05, 4.69) is 13.8 Å². The van der Waals surface area contributed by atoms with Gasteiger partial charge in [0.25, 0.3) is 0 Å². The van der Waals surface area contributed by atoms with Crippen LogP contribution < -0.4 is 10.2 Å². The van der Waals surface area contributed by atoms with E-state index in [9.17, 15) is 24.6 Å². The molecule has 0 aromatic rings. The molecule has 34 heavy (non-hydrogen) atoms. The molecule has 0 aromatic heterocycles. The van der Waals surface area contributed by atoms with Crippen molar-refractivity contribution in [2.45, 2.75) is 156 Å². The van der Waals surface area contributed by atoms with Gasteiger partial charge in [0.1, 0.15) is 0 Å². The van der Waals surface area contributed by atoms with Gasteiger partial charge >= 0.3 is 29.9 Å². The molecule has 0 rings (SSSR count). The quantitative estimate of drug-likeness (QED) is 0.141. The summed E-state index contributed by atoms with van der Waals surface area (Å²) in [4.78, 5) is 29.6. The van der Waals surface area contributed by atoms with Crippen LogP contribution in [0.5, 0.6) is 0 Å². The van der Waals surface area contributed by atoms with Gasteiger partial charge in [-0.05, 0) is 25.7 Å². The third kappa shape index (κ3) is 52.9. The molecule has 0 atom stereocenters. The predicted octanol–water partition coefficient (Wildman–Crippen LogP) is 5.41. The number of aliphatic carboxylic acids is 3. The van der Waals surface area contributed by atoms with Crippen LogP contribution in [0.1, 0.15) is 156 Å². The zero-order valence-corrected chi connectivity index (χ0v) is 25.2. The van der Waals surface area contributed by atoms with Gasteiger partial charge in [-0.1, -0.05) is 124 Å². The van der Waals surface area contributed by atoms with Crippen molar-refractivity contribution >= 4 is 41.8 Å². The number of carbonyl (C=O) groups is 3. The van der Waals surface area contributed by atoms with Gasteiger partial charge in [0.15, 0.2) is 0 Å². The first kappa shape index (κ1) is 40.4. The van der Waals surface area contributed by atoms with Crippen LogP contribution in [-0.4, -0.2) is 46.9 Å². The Labute approximate surface area is 226 Å². The van der Waals surface area contributed by atoms with Crippen molar-refractivity contribution in [3.8, 4) is 0 Å². The molecule has 0 aromatic carbocycles. The summed E-state index contributed by atoms with van der Waals surface area (Å²) in [5.74, 6) is -2.56. The van der Waals surface area contributed by atoms with E-state index >= 15 is 0 Å². The molecule has 1 N–H and O–H groups in total. The zero-order valence-electron chi connectivity index (χ0n) is 22.3. The van der Waals surface area contributed by atoms with Crippen molar-refractivity contribution in [1.82, 2.24) is 0 Å². The predicted molar refractivity (Wildman–Crippen MR) is 137 cm³/mol. The second-order valence-electron chi connectivity index (χ2n) is 8.65. The van der Waals surface area contributed by atoms with E-state index in [-0.39, 0.29) is 43.2 Å². The summed E-state index contributed by atoms with van der Waals surface area (Å²) < 4.78 is 0. The molecule has 0 spiro atoms. The maximum atomic E-state index is 10.1. The Balaban J connectivity index is -0.000000216. The average molecular weight is 591 g/mol. The SMILES string of the molecule is CCC(=O)O.CCCCCCCCCCCC(=O)[O-].CCCCCCCCCCCC(=O)[O-].[Sn+2]. The second kappa shape index (κ2) is 36.8. The molecule has 7 heteroatoms. The van der Waals surface area contributed by atoms with Gasteiger partial charge in [0.05, 0.1) is 0 Å². The maximum absolute atomic E-state index is 10.1. The van der Waals surface area contributed by atoms with Crippen LogP contribution in [0, 0.1) is 0 Å². The smallest absolute Gasteiger partial charge is 0.550 e. The van der Waals surface area contributed by atoms with Crippen molar-refractivity contribution in [2.75, 3.05) is 0 Å².